The quantitative estimate of drug-likeness (QED) is 0.321. The minimum Gasteiger partial charge on any atom is -0.491 e. The Labute approximate surface area is 213 Å². The standard InChI is InChI=1S/C27H30F2N6O2/c1-16-9-17(11-18(30)10-16)21-5-6-31-15-25(21)33-27-32-14-19-3-4-24(34-35(19)27)26-22(28)12-20(13-23(26)29)37-8-7-36-2/h3-6,12-18H,7-11,30H2,1-2H3,(H,32,33). The van der Waals surface area contributed by atoms with Crippen LogP contribution >= 0.6 is 0 Å². The van der Waals surface area contributed by atoms with Gasteiger partial charge in [-0.2, -0.15) is 9.61 Å². The second kappa shape index (κ2) is 10.8. The Balaban J connectivity index is 1.45. The first-order valence-electron chi connectivity index (χ1n) is 12.4. The van der Waals surface area contributed by atoms with Gasteiger partial charge < -0.3 is 20.5 Å². The van der Waals surface area contributed by atoms with Gasteiger partial charge in [-0.25, -0.2) is 13.8 Å². The number of halogens is 2. The number of hydrogen-bond donors (Lipinski definition) is 2. The van der Waals surface area contributed by atoms with Crippen molar-refractivity contribution in [1.29, 1.82) is 0 Å². The first kappa shape index (κ1) is 25.0. The minimum absolute atomic E-state index is 0.0859. The number of ether oxygens (including phenoxy) is 2. The molecule has 10 heteroatoms. The number of fused-ring (bicyclic) bond motifs is 1. The normalized spacial score (nSPS) is 19.8. The van der Waals surface area contributed by atoms with Crippen LogP contribution in [0.5, 0.6) is 5.75 Å². The van der Waals surface area contributed by atoms with Crippen molar-refractivity contribution in [2.45, 2.75) is 38.1 Å². The van der Waals surface area contributed by atoms with Gasteiger partial charge in [0.1, 0.15) is 24.0 Å². The molecule has 0 radical (unpaired) electrons. The van der Waals surface area contributed by atoms with E-state index in [2.05, 4.69) is 27.3 Å². The summed E-state index contributed by atoms with van der Waals surface area (Å²) in [5.41, 5.74) is 8.80. The third-order valence-electron chi connectivity index (χ3n) is 6.73. The number of pyridine rings is 1. The van der Waals surface area contributed by atoms with Gasteiger partial charge in [-0.05, 0) is 54.9 Å². The van der Waals surface area contributed by atoms with Gasteiger partial charge in [0, 0.05) is 31.5 Å². The molecule has 1 aliphatic rings. The lowest BCUT2D eigenvalue weighted by Crippen LogP contribution is -2.31. The van der Waals surface area contributed by atoms with E-state index in [4.69, 9.17) is 15.2 Å². The summed E-state index contributed by atoms with van der Waals surface area (Å²) in [5.74, 6) is -0.209. The maximum Gasteiger partial charge on any atom is 0.229 e. The van der Waals surface area contributed by atoms with Gasteiger partial charge in [-0.15, -0.1) is 0 Å². The first-order chi connectivity index (χ1) is 17.9. The fourth-order valence-corrected chi connectivity index (χ4v) is 5.12. The molecular weight excluding hydrogens is 478 g/mol. The fourth-order valence-electron chi connectivity index (χ4n) is 5.12. The Bertz CT molecular complexity index is 1360. The highest BCUT2D eigenvalue weighted by molar-refractivity contribution is 5.66. The van der Waals surface area contributed by atoms with Crippen molar-refractivity contribution in [3.63, 3.8) is 0 Å². The number of nitrogens with zero attached hydrogens (tertiary/aromatic N) is 4. The predicted molar refractivity (Wildman–Crippen MR) is 137 cm³/mol. The zero-order chi connectivity index (χ0) is 25.9. The molecule has 1 aliphatic carbocycles. The smallest absolute Gasteiger partial charge is 0.229 e. The largest absolute Gasteiger partial charge is 0.491 e. The molecule has 3 aromatic heterocycles. The summed E-state index contributed by atoms with van der Waals surface area (Å²) < 4.78 is 41.7. The van der Waals surface area contributed by atoms with E-state index in [1.54, 1.807) is 30.7 Å². The zero-order valence-electron chi connectivity index (χ0n) is 20.8. The van der Waals surface area contributed by atoms with Crippen LogP contribution in [0.1, 0.15) is 37.7 Å². The second-order valence-electron chi connectivity index (χ2n) is 9.60. The third-order valence-corrected chi connectivity index (χ3v) is 6.73. The molecule has 8 nitrogen and oxygen atoms in total. The summed E-state index contributed by atoms with van der Waals surface area (Å²) in [6.45, 7) is 2.72. The number of methoxy groups -OCH3 is 1. The Morgan fingerprint density at radius 3 is 2.65 bits per heavy atom. The van der Waals surface area contributed by atoms with E-state index in [0.717, 1.165) is 42.6 Å². The lowest BCUT2D eigenvalue weighted by Gasteiger charge is -2.32. The van der Waals surface area contributed by atoms with Gasteiger partial charge in [0.2, 0.25) is 5.95 Å². The number of hydrogen-bond acceptors (Lipinski definition) is 7. The molecule has 1 aromatic carbocycles. The van der Waals surface area contributed by atoms with Crippen molar-refractivity contribution < 1.29 is 18.3 Å². The SMILES string of the molecule is COCCOc1cc(F)c(-c2ccc3cnc(Nc4cnccc4C4CC(C)CC(N)C4)n3n2)c(F)c1. The van der Waals surface area contributed by atoms with Gasteiger partial charge >= 0.3 is 0 Å². The number of nitrogens with two attached hydrogens (primary N) is 1. The van der Waals surface area contributed by atoms with Crippen molar-refractivity contribution in [2.24, 2.45) is 11.7 Å². The number of anilines is 2. The Kier molecular flexibility index (Phi) is 7.29. The maximum absolute atomic E-state index is 15.0. The van der Waals surface area contributed by atoms with E-state index < -0.39 is 11.6 Å². The van der Waals surface area contributed by atoms with E-state index in [-0.39, 0.29) is 29.7 Å². The van der Waals surface area contributed by atoms with E-state index in [0.29, 0.717) is 29.9 Å². The number of nitrogens with one attached hydrogen (secondary N) is 1. The molecule has 3 atom stereocenters. The summed E-state index contributed by atoms with van der Waals surface area (Å²) in [4.78, 5) is 8.75. The molecule has 1 saturated carbocycles. The Morgan fingerprint density at radius 2 is 1.89 bits per heavy atom. The maximum atomic E-state index is 15.0. The highest BCUT2D eigenvalue weighted by Gasteiger charge is 2.27. The summed E-state index contributed by atoms with van der Waals surface area (Å²) >= 11 is 0. The summed E-state index contributed by atoms with van der Waals surface area (Å²) in [7, 11) is 1.52. The van der Waals surface area contributed by atoms with Crippen LogP contribution in [0.3, 0.4) is 0 Å². The van der Waals surface area contributed by atoms with Crippen LogP contribution < -0.4 is 15.8 Å². The highest BCUT2D eigenvalue weighted by Crippen LogP contribution is 2.39. The molecule has 4 aromatic rings. The molecular formula is C27H30F2N6O2. The molecule has 0 saturated heterocycles. The van der Waals surface area contributed by atoms with Crippen LogP contribution in [0.2, 0.25) is 0 Å². The van der Waals surface area contributed by atoms with Gasteiger partial charge in [0.15, 0.2) is 0 Å². The first-order valence-corrected chi connectivity index (χ1v) is 12.4. The topological polar surface area (TPSA) is 99.6 Å². The van der Waals surface area contributed by atoms with Crippen LogP contribution in [0, 0.1) is 17.6 Å². The lowest BCUT2D eigenvalue weighted by molar-refractivity contribution is 0.146. The van der Waals surface area contributed by atoms with Crippen molar-refractivity contribution in [3.05, 3.63) is 66.1 Å². The van der Waals surface area contributed by atoms with Gasteiger partial charge in [-0.3, -0.25) is 4.98 Å². The average molecular weight is 509 g/mol. The molecule has 0 bridgehead atoms. The van der Waals surface area contributed by atoms with Crippen molar-refractivity contribution in [3.8, 4) is 17.0 Å². The number of rotatable bonds is 8. The molecule has 0 amide bonds. The number of imidazole rings is 1. The van der Waals surface area contributed by atoms with E-state index in [1.165, 1.54) is 11.6 Å². The lowest BCUT2D eigenvalue weighted by atomic mass is 9.76. The van der Waals surface area contributed by atoms with E-state index in [9.17, 15) is 8.78 Å². The Morgan fingerprint density at radius 1 is 1.08 bits per heavy atom. The summed E-state index contributed by atoms with van der Waals surface area (Å²) in [6.07, 6.45) is 8.15. The molecule has 5 rings (SSSR count). The van der Waals surface area contributed by atoms with Crippen LogP contribution in [0.4, 0.5) is 20.4 Å². The molecule has 3 heterocycles. The summed E-state index contributed by atoms with van der Waals surface area (Å²) in [6, 6.07) is 7.73. The van der Waals surface area contributed by atoms with Crippen LogP contribution in [0.15, 0.2) is 48.9 Å². The summed E-state index contributed by atoms with van der Waals surface area (Å²) in [5, 5.41) is 7.84. The second-order valence-corrected chi connectivity index (χ2v) is 9.60. The van der Waals surface area contributed by atoms with Crippen molar-refractivity contribution in [2.75, 3.05) is 25.6 Å². The molecule has 194 valence electrons. The van der Waals surface area contributed by atoms with Gasteiger partial charge in [0.25, 0.3) is 0 Å². The molecule has 3 unspecified atom stereocenters. The minimum atomic E-state index is -0.772. The fraction of sp³-hybridized carbons (Fsp3) is 0.370. The zero-order valence-corrected chi connectivity index (χ0v) is 20.8. The van der Waals surface area contributed by atoms with E-state index >= 15 is 0 Å². The average Bonchev–Trinajstić information content (AvgIpc) is 3.25. The third kappa shape index (κ3) is 5.40. The van der Waals surface area contributed by atoms with E-state index in [1.807, 2.05) is 6.07 Å². The van der Waals surface area contributed by atoms with Gasteiger partial charge in [0.05, 0.1) is 41.5 Å². The molecule has 0 aliphatic heterocycles. The molecule has 1 fully saturated rings. The van der Waals surface area contributed by atoms with Crippen molar-refractivity contribution >= 4 is 17.2 Å². The number of aromatic nitrogens is 4. The van der Waals surface area contributed by atoms with Crippen molar-refractivity contribution in [1.82, 2.24) is 19.6 Å². The van der Waals surface area contributed by atoms with Crippen LogP contribution in [0.25, 0.3) is 16.8 Å². The molecule has 3 N–H and O–H groups in total. The molecule has 0 spiro atoms. The molecule has 37 heavy (non-hydrogen) atoms. The predicted octanol–water partition coefficient (Wildman–Crippen LogP) is 5.07. The number of benzene rings is 1. The monoisotopic (exact) mass is 508 g/mol. The Hall–Kier alpha value is -3.63. The highest BCUT2D eigenvalue weighted by atomic mass is 19.1. The van der Waals surface area contributed by atoms with Gasteiger partial charge in [-0.1, -0.05) is 6.92 Å². The van der Waals surface area contributed by atoms with Crippen LogP contribution in [-0.2, 0) is 4.74 Å². The van der Waals surface area contributed by atoms with Crippen LogP contribution in [-0.4, -0.2) is 45.9 Å².